The van der Waals surface area contributed by atoms with Gasteiger partial charge in [0.05, 0.1) is 0 Å². The van der Waals surface area contributed by atoms with E-state index >= 15 is 0 Å². The first-order valence-corrected chi connectivity index (χ1v) is 22.7. The largest absolute Gasteiger partial charge is 0.125 e. The Bertz CT molecular complexity index is 2920. The molecule has 0 saturated carbocycles. The van der Waals surface area contributed by atoms with Gasteiger partial charge in [-0.05, 0) is 188 Å². The second-order valence-electron chi connectivity index (χ2n) is 18.2. The van der Waals surface area contributed by atoms with Crippen molar-refractivity contribution in [3.8, 4) is 0 Å². The Hall–Kier alpha value is -5.42. The van der Waals surface area contributed by atoms with Gasteiger partial charge in [0.15, 0.2) is 0 Å². The van der Waals surface area contributed by atoms with E-state index in [0.717, 1.165) is 38.5 Å². The number of rotatable bonds is 9. The fourth-order valence-corrected chi connectivity index (χ4v) is 11.5. The van der Waals surface area contributed by atoms with Gasteiger partial charge in [-0.15, -0.1) is 5.73 Å². The van der Waals surface area contributed by atoms with Crippen LogP contribution in [-0.4, -0.2) is 0 Å². The van der Waals surface area contributed by atoms with Gasteiger partial charge in [0.2, 0.25) is 0 Å². The van der Waals surface area contributed by atoms with E-state index in [-0.39, 0.29) is 5.92 Å². The molecule has 6 aromatic carbocycles. The first-order valence-electron chi connectivity index (χ1n) is 22.7. The number of hydrogen-bond donors (Lipinski definition) is 0. The standard InChI is InChI=1S/C59H58/c1-6-10-41(22-23-44-24-25-45-16-14-38(4)56-39(5)15-30-53(44)57(45)56)42-18-20-43(21-19-42)48-11-8-9-12-49(36-48)51-31-26-46-29-34-55-52(50-17-13-37(3)40(7-2)35-50)32-27-47-28-33-54(51)58(46)59(47)55/h8,11-12,14-16,18,20,22,24-34,38,49-50H,6-7,10,13,17,19,21,23,35-36H2,1-5H3/b41-22+. The highest BCUT2D eigenvalue weighted by molar-refractivity contribution is 6.24. The minimum atomic E-state index is 0.272. The van der Waals surface area contributed by atoms with Crippen LogP contribution in [0.5, 0.6) is 0 Å². The van der Waals surface area contributed by atoms with E-state index in [4.69, 9.17) is 0 Å². The lowest BCUT2D eigenvalue weighted by atomic mass is 9.77. The van der Waals surface area contributed by atoms with Crippen LogP contribution in [0.25, 0.3) is 49.2 Å². The molecular formula is C59H58. The Morgan fingerprint density at radius 3 is 2.25 bits per heavy atom. The molecular weight excluding hydrogens is 709 g/mol. The van der Waals surface area contributed by atoms with Crippen LogP contribution in [0.15, 0.2) is 154 Å². The van der Waals surface area contributed by atoms with E-state index in [1.54, 1.807) is 16.7 Å². The van der Waals surface area contributed by atoms with Crippen molar-refractivity contribution in [1.29, 1.82) is 0 Å². The molecule has 0 saturated heterocycles. The third-order valence-corrected chi connectivity index (χ3v) is 14.7. The first-order chi connectivity index (χ1) is 28.9. The summed E-state index contributed by atoms with van der Waals surface area (Å²) in [4.78, 5) is 0. The van der Waals surface area contributed by atoms with Gasteiger partial charge < -0.3 is 0 Å². The molecule has 59 heavy (non-hydrogen) atoms. The molecule has 0 heterocycles. The fraction of sp³-hybridized carbons (Fsp3) is 0.305. The molecule has 4 aliphatic carbocycles. The average molecular weight is 767 g/mol. The van der Waals surface area contributed by atoms with Crippen LogP contribution < -0.4 is 0 Å². The molecule has 0 fully saturated rings. The number of hydrogen-bond acceptors (Lipinski definition) is 0. The molecule has 3 atom stereocenters. The van der Waals surface area contributed by atoms with Crippen LogP contribution in [0, 0.1) is 6.92 Å². The van der Waals surface area contributed by atoms with Crippen LogP contribution in [0.2, 0.25) is 0 Å². The molecule has 0 amide bonds. The Labute approximate surface area is 352 Å². The lowest BCUT2D eigenvalue weighted by Gasteiger charge is -2.28. The van der Waals surface area contributed by atoms with Gasteiger partial charge in [0, 0.05) is 11.8 Å². The van der Waals surface area contributed by atoms with Gasteiger partial charge >= 0.3 is 0 Å². The summed E-state index contributed by atoms with van der Waals surface area (Å²) in [5.74, 6) is 1.33. The molecule has 0 spiro atoms. The first kappa shape index (κ1) is 37.8. The Balaban J connectivity index is 0.937. The van der Waals surface area contributed by atoms with Crippen LogP contribution in [0.4, 0.5) is 0 Å². The zero-order valence-electron chi connectivity index (χ0n) is 35.9. The summed E-state index contributed by atoms with van der Waals surface area (Å²) in [7, 11) is 0. The second-order valence-corrected chi connectivity index (χ2v) is 18.2. The Kier molecular flexibility index (Phi) is 10.0. The highest BCUT2D eigenvalue weighted by Gasteiger charge is 2.25. The molecule has 0 heteroatoms. The van der Waals surface area contributed by atoms with Crippen molar-refractivity contribution >= 4 is 49.2 Å². The third kappa shape index (κ3) is 6.71. The number of benzene rings is 6. The van der Waals surface area contributed by atoms with Crippen molar-refractivity contribution in [3.63, 3.8) is 0 Å². The minimum absolute atomic E-state index is 0.272. The molecule has 0 radical (unpaired) electrons. The summed E-state index contributed by atoms with van der Waals surface area (Å²) in [6.07, 6.45) is 30.3. The highest BCUT2D eigenvalue weighted by atomic mass is 14.3. The quantitative estimate of drug-likeness (QED) is 0.0781. The number of aryl methyl sites for hydroxylation is 1. The molecule has 10 rings (SSSR count). The van der Waals surface area contributed by atoms with Crippen molar-refractivity contribution in [1.82, 2.24) is 0 Å². The number of allylic oxidation sites excluding steroid dienone is 12. The fourth-order valence-electron chi connectivity index (χ4n) is 11.5. The smallest absolute Gasteiger partial charge is 0.0140 e. The second kappa shape index (κ2) is 15.6. The van der Waals surface area contributed by atoms with Crippen molar-refractivity contribution in [2.45, 2.75) is 117 Å². The van der Waals surface area contributed by atoms with E-state index in [1.807, 2.05) is 0 Å². The monoisotopic (exact) mass is 766 g/mol. The Morgan fingerprint density at radius 2 is 1.49 bits per heavy atom. The van der Waals surface area contributed by atoms with Gasteiger partial charge in [-0.25, -0.2) is 0 Å². The molecule has 0 bridgehead atoms. The summed E-state index contributed by atoms with van der Waals surface area (Å²) in [5, 5.41) is 11.4. The van der Waals surface area contributed by atoms with Gasteiger partial charge in [0.25, 0.3) is 0 Å². The van der Waals surface area contributed by atoms with Crippen LogP contribution >= 0.6 is 0 Å². The van der Waals surface area contributed by atoms with Crippen molar-refractivity contribution in [2.75, 3.05) is 0 Å². The summed E-state index contributed by atoms with van der Waals surface area (Å²) in [5.41, 5.74) is 21.6. The summed E-state index contributed by atoms with van der Waals surface area (Å²) < 4.78 is 0. The van der Waals surface area contributed by atoms with E-state index in [0.29, 0.717) is 11.8 Å². The SMILES string of the molecule is CCC/C(=C\Cc1ccc2c3c(c(C)ccc13)C(C)C=C2)C1=CC=C(C2=CC=C=CC(c3ccc4ccc5c(C6CCC(C)=C(CC)C6)ccc6ccc3c4c65)C2)CC1. The topological polar surface area (TPSA) is 0 Å². The van der Waals surface area contributed by atoms with Crippen molar-refractivity contribution in [2.24, 2.45) is 0 Å². The lowest BCUT2D eigenvalue weighted by Crippen LogP contribution is -2.09. The molecule has 294 valence electrons. The summed E-state index contributed by atoms with van der Waals surface area (Å²) >= 11 is 0. The van der Waals surface area contributed by atoms with E-state index in [1.165, 1.54) is 119 Å². The molecule has 0 N–H and O–H groups in total. The predicted octanol–water partition coefficient (Wildman–Crippen LogP) is 16.9. The molecule has 0 aromatic heterocycles. The predicted molar refractivity (Wildman–Crippen MR) is 256 cm³/mol. The summed E-state index contributed by atoms with van der Waals surface area (Å²) in [6.45, 7) is 11.6. The van der Waals surface area contributed by atoms with Crippen LogP contribution in [0.3, 0.4) is 0 Å². The van der Waals surface area contributed by atoms with Gasteiger partial charge in [-0.2, -0.15) is 0 Å². The maximum absolute atomic E-state index is 3.58. The van der Waals surface area contributed by atoms with E-state index in [9.17, 15) is 0 Å². The normalized spacial score (nSPS) is 20.9. The lowest BCUT2D eigenvalue weighted by molar-refractivity contribution is 0.569. The van der Waals surface area contributed by atoms with E-state index in [2.05, 4.69) is 162 Å². The van der Waals surface area contributed by atoms with Gasteiger partial charge in [0.1, 0.15) is 0 Å². The van der Waals surface area contributed by atoms with E-state index < -0.39 is 0 Å². The maximum atomic E-state index is 3.58. The molecule has 0 nitrogen and oxygen atoms in total. The van der Waals surface area contributed by atoms with Crippen LogP contribution in [0.1, 0.15) is 137 Å². The van der Waals surface area contributed by atoms with Crippen LogP contribution in [-0.2, 0) is 6.42 Å². The third-order valence-electron chi connectivity index (χ3n) is 14.7. The van der Waals surface area contributed by atoms with Crippen molar-refractivity contribution < 1.29 is 0 Å². The summed E-state index contributed by atoms with van der Waals surface area (Å²) in [6, 6.07) is 28.7. The Morgan fingerprint density at radius 1 is 0.729 bits per heavy atom. The molecule has 6 aromatic rings. The average Bonchev–Trinajstić information content (AvgIpc) is 3.53. The maximum Gasteiger partial charge on any atom is 0.0140 e. The molecule has 3 unspecified atom stereocenters. The zero-order chi connectivity index (χ0) is 40.2. The molecule has 4 aliphatic rings. The zero-order valence-corrected chi connectivity index (χ0v) is 35.9. The highest BCUT2D eigenvalue weighted by Crippen LogP contribution is 2.46. The van der Waals surface area contributed by atoms with Crippen molar-refractivity contribution in [3.05, 3.63) is 188 Å². The van der Waals surface area contributed by atoms with Gasteiger partial charge in [-0.1, -0.05) is 148 Å². The molecule has 0 aliphatic heterocycles. The van der Waals surface area contributed by atoms with Gasteiger partial charge in [-0.3, -0.25) is 0 Å². The minimum Gasteiger partial charge on any atom is -0.125 e.